The van der Waals surface area contributed by atoms with Crippen LogP contribution in [0.3, 0.4) is 0 Å². The lowest BCUT2D eigenvalue weighted by molar-refractivity contribution is -0.121. The van der Waals surface area contributed by atoms with Gasteiger partial charge in [-0.15, -0.1) is 0 Å². The Balaban J connectivity index is 3.10. The molecule has 0 atom stereocenters. The molecule has 0 aliphatic heterocycles. The summed E-state index contributed by atoms with van der Waals surface area (Å²) < 4.78 is 0. The van der Waals surface area contributed by atoms with Crippen molar-refractivity contribution in [1.82, 2.24) is 5.32 Å². The molecule has 0 aromatic carbocycles. The van der Waals surface area contributed by atoms with Crippen LogP contribution in [0.15, 0.2) is 0 Å². The summed E-state index contributed by atoms with van der Waals surface area (Å²) in [5.41, 5.74) is 0. The van der Waals surface area contributed by atoms with Crippen LogP contribution >= 0.6 is 0 Å². The van der Waals surface area contributed by atoms with Crippen molar-refractivity contribution >= 4 is 5.91 Å². The van der Waals surface area contributed by atoms with Gasteiger partial charge in [0, 0.05) is 13.0 Å². The highest BCUT2D eigenvalue weighted by Gasteiger charge is 2.01. The quantitative estimate of drug-likeness (QED) is 0.241. The van der Waals surface area contributed by atoms with E-state index >= 15 is 0 Å². The Kier molecular flexibility index (Phi) is 19.4. The van der Waals surface area contributed by atoms with Crippen molar-refractivity contribution in [2.45, 2.75) is 130 Å². The molecule has 0 radical (unpaired) electrons. The highest BCUT2D eigenvalue weighted by molar-refractivity contribution is 5.75. The van der Waals surface area contributed by atoms with Gasteiger partial charge < -0.3 is 5.32 Å². The Morgan fingerprint density at radius 1 is 0.680 bits per heavy atom. The van der Waals surface area contributed by atoms with E-state index in [1.54, 1.807) is 0 Å². The van der Waals surface area contributed by atoms with Crippen molar-refractivity contribution in [2.75, 3.05) is 6.54 Å². The number of rotatable bonds is 19. The molecule has 0 aliphatic carbocycles. The van der Waals surface area contributed by atoms with Gasteiger partial charge in [0.2, 0.25) is 5.91 Å². The second-order valence-corrected chi connectivity index (χ2v) is 8.23. The molecule has 150 valence electrons. The SMILES string of the molecule is CCCCCCCCCCCCCCCCCC(=O)NCCC(C)C. The summed E-state index contributed by atoms with van der Waals surface area (Å²) in [6.07, 6.45) is 22.4. The number of amides is 1. The maximum absolute atomic E-state index is 11.6. The molecule has 0 unspecified atom stereocenters. The molecule has 0 fully saturated rings. The number of carbonyl (C=O) groups excluding carboxylic acids is 1. The molecule has 0 saturated heterocycles. The summed E-state index contributed by atoms with van der Waals surface area (Å²) in [7, 11) is 0. The van der Waals surface area contributed by atoms with Crippen LogP contribution < -0.4 is 5.32 Å². The normalized spacial score (nSPS) is 11.2. The Morgan fingerprint density at radius 3 is 1.48 bits per heavy atom. The smallest absolute Gasteiger partial charge is 0.219 e. The van der Waals surface area contributed by atoms with Crippen LogP contribution in [0.25, 0.3) is 0 Å². The maximum atomic E-state index is 11.6. The predicted molar refractivity (Wildman–Crippen MR) is 112 cm³/mol. The third kappa shape index (κ3) is 21.4. The zero-order chi connectivity index (χ0) is 18.6. The Labute approximate surface area is 158 Å². The predicted octanol–water partition coefficient (Wildman–Crippen LogP) is 7.41. The molecule has 0 bridgehead atoms. The van der Waals surface area contributed by atoms with Crippen LogP contribution in [0.4, 0.5) is 0 Å². The molecule has 2 nitrogen and oxygen atoms in total. The molecule has 0 saturated carbocycles. The first-order valence-corrected chi connectivity index (χ1v) is 11.4. The third-order valence-electron chi connectivity index (χ3n) is 5.05. The Bertz CT molecular complexity index is 275. The van der Waals surface area contributed by atoms with Crippen molar-refractivity contribution in [1.29, 1.82) is 0 Å². The third-order valence-corrected chi connectivity index (χ3v) is 5.05. The fourth-order valence-electron chi connectivity index (χ4n) is 3.25. The maximum Gasteiger partial charge on any atom is 0.219 e. The Morgan fingerprint density at radius 2 is 1.08 bits per heavy atom. The van der Waals surface area contributed by atoms with Gasteiger partial charge in [-0.25, -0.2) is 0 Å². The summed E-state index contributed by atoms with van der Waals surface area (Å²) in [5.74, 6) is 0.918. The minimum absolute atomic E-state index is 0.246. The van der Waals surface area contributed by atoms with Crippen LogP contribution in [0, 0.1) is 5.92 Å². The van der Waals surface area contributed by atoms with E-state index in [0.29, 0.717) is 5.92 Å². The van der Waals surface area contributed by atoms with Gasteiger partial charge in [-0.2, -0.15) is 0 Å². The average Bonchev–Trinajstić information content (AvgIpc) is 2.58. The van der Waals surface area contributed by atoms with E-state index in [-0.39, 0.29) is 5.91 Å². The van der Waals surface area contributed by atoms with Gasteiger partial charge in [-0.3, -0.25) is 4.79 Å². The second-order valence-electron chi connectivity index (χ2n) is 8.23. The van der Waals surface area contributed by atoms with Crippen molar-refractivity contribution in [2.24, 2.45) is 5.92 Å². The van der Waals surface area contributed by atoms with E-state index in [0.717, 1.165) is 25.8 Å². The molecule has 0 aromatic heterocycles. The zero-order valence-electron chi connectivity index (χ0n) is 17.7. The van der Waals surface area contributed by atoms with Crippen LogP contribution in [0.2, 0.25) is 0 Å². The van der Waals surface area contributed by atoms with E-state index in [1.807, 2.05) is 0 Å². The van der Waals surface area contributed by atoms with Gasteiger partial charge >= 0.3 is 0 Å². The highest BCUT2D eigenvalue weighted by Crippen LogP contribution is 2.13. The van der Waals surface area contributed by atoms with Gasteiger partial charge in [0.05, 0.1) is 0 Å². The first kappa shape index (κ1) is 24.5. The molecule has 1 amide bonds. The molecular formula is C23H47NO. The molecule has 0 aromatic rings. The zero-order valence-corrected chi connectivity index (χ0v) is 17.7. The summed E-state index contributed by atoms with van der Waals surface area (Å²) in [6.45, 7) is 7.52. The van der Waals surface area contributed by atoms with Crippen LogP contribution in [0.5, 0.6) is 0 Å². The molecular weight excluding hydrogens is 306 g/mol. The van der Waals surface area contributed by atoms with Crippen LogP contribution in [0.1, 0.15) is 130 Å². The monoisotopic (exact) mass is 353 g/mol. The molecule has 1 N–H and O–H groups in total. The second kappa shape index (κ2) is 19.8. The van der Waals surface area contributed by atoms with E-state index in [1.165, 1.54) is 89.9 Å². The highest BCUT2D eigenvalue weighted by atomic mass is 16.1. The van der Waals surface area contributed by atoms with Crippen LogP contribution in [-0.2, 0) is 4.79 Å². The first-order valence-electron chi connectivity index (χ1n) is 11.4. The molecule has 0 aliphatic rings. The van der Waals surface area contributed by atoms with Gasteiger partial charge in [0.15, 0.2) is 0 Å². The van der Waals surface area contributed by atoms with Gasteiger partial charge in [0.25, 0.3) is 0 Å². The first-order chi connectivity index (χ1) is 12.2. The van der Waals surface area contributed by atoms with Crippen LogP contribution in [-0.4, -0.2) is 12.5 Å². The Hall–Kier alpha value is -0.530. The van der Waals surface area contributed by atoms with Crippen molar-refractivity contribution in [3.8, 4) is 0 Å². The molecule has 2 heteroatoms. The van der Waals surface area contributed by atoms with Gasteiger partial charge in [-0.05, 0) is 18.8 Å². The number of unbranched alkanes of at least 4 members (excludes halogenated alkanes) is 14. The minimum atomic E-state index is 0.246. The van der Waals surface area contributed by atoms with E-state index in [4.69, 9.17) is 0 Å². The standard InChI is InChI=1S/C23H47NO/c1-4-5-6-7-8-9-10-11-12-13-14-15-16-17-18-19-23(25)24-21-20-22(2)3/h22H,4-21H2,1-3H3,(H,24,25). The summed E-state index contributed by atoms with van der Waals surface area (Å²) >= 11 is 0. The summed E-state index contributed by atoms with van der Waals surface area (Å²) in [5, 5.41) is 3.02. The van der Waals surface area contributed by atoms with Crippen molar-refractivity contribution in [3.05, 3.63) is 0 Å². The largest absolute Gasteiger partial charge is 0.356 e. The van der Waals surface area contributed by atoms with E-state index in [9.17, 15) is 4.79 Å². The number of carbonyl (C=O) groups is 1. The van der Waals surface area contributed by atoms with Crippen molar-refractivity contribution < 1.29 is 4.79 Å². The fraction of sp³-hybridized carbons (Fsp3) is 0.957. The lowest BCUT2D eigenvalue weighted by Gasteiger charge is -2.07. The minimum Gasteiger partial charge on any atom is -0.356 e. The molecule has 25 heavy (non-hydrogen) atoms. The van der Waals surface area contributed by atoms with E-state index < -0.39 is 0 Å². The van der Waals surface area contributed by atoms with Gasteiger partial charge in [-0.1, -0.05) is 111 Å². The number of nitrogens with one attached hydrogen (secondary N) is 1. The summed E-state index contributed by atoms with van der Waals surface area (Å²) in [4.78, 5) is 11.6. The van der Waals surface area contributed by atoms with Crippen molar-refractivity contribution in [3.63, 3.8) is 0 Å². The lowest BCUT2D eigenvalue weighted by Crippen LogP contribution is -2.24. The molecule has 0 spiro atoms. The lowest BCUT2D eigenvalue weighted by atomic mass is 10.0. The average molecular weight is 354 g/mol. The topological polar surface area (TPSA) is 29.1 Å². The van der Waals surface area contributed by atoms with E-state index in [2.05, 4.69) is 26.1 Å². The molecule has 0 heterocycles. The number of hydrogen-bond acceptors (Lipinski definition) is 1. The summed E-state index contributed by atoms with van der Waals surface area (Å²) in [6, 6.07) is 0. The fourth-order valence-corrected chi connectivity index (χ4v) is 3.25. The molecule has 0 rings (SSSR count). The van der Waals surface area contributed by atoms with Gasteiger partial charge in [0.1, 0.15) is 0 Å². The number of hydrogen-bond donors (Lipinski definition) is 1.